The minimum atomic E-state index is 0.694. The number of anilines is 1. The predicted octanol–water partition coefficient (Wildman–Crippen LogP) is 1.69. The minimum Gasteiger partial charge on any atom is -0.492 e. The summed E-state index contributed by atoms with van der Waals surface area (Å²) < 4.78 is 11.4. The number of hydrogen-bond acceptors (Lipinski definition) is 6. The van der Waals surface area contributed by atoms with Crippen LogP contribution in [-0.4, -0.2) is 93.4 Å². The van der Waals surface area contributed by atoms with E-state index in [4.69, 9.17) is 9.47 Å². The van der Waals surface area contributed by atoms with Crippen molar-refractivity contribution >= 4 is 11.8 Å². The summed E-state index contributed by atoms with van der Waals surface area (Å²) in [6.07, 6.45) is 1.85. The largest absolute Gasteiger partial charge is 0.492 e. The normalized spacial score (nSPS) is 18.0. The number of ether oxygens (including phenoxy) is 2. The van der Waals surface area contributed by atoms with E-state index < -0.39 is 0 Å². The maximum Gasteiger partial charge on any atom is 0.194 e. The molecule has 2 aliphatic heterocycles. The topological polar surface area (TPSA) is 65.5 Å². The highest BCUT2D eigenvalue weighted by Gasteiger charge is 2.20. The average Bonchev–Trinajstić information content (AvgIpc) is 2.86. The molecule has 8 nitrogen and oxygen atoms in total. The lowest BCUT2D eigenvalue weighted by Gasteiger charge is -2.37. The minimum absolute atomic E-state index is 0.694. The van der Waals surface area contributed by atoms with Gasteiger partial charge >= 0.3 is 0 Å². The second-order valence-electron chi connectivity index (χ2n) is 8.01. The summed E-state index contributed by atoms with van der Waals surface area (Å²) in [6, 6.07) is 14.4. The second kappa shape index (κ2) is 11.7. The Bertz CT molecular complexity index is 849. The van der Waals surface area contributed by atoms with Crippen LogP contribution in [0.2, 0.25) is 0 Å². The molecule has 2 aromatic rings. The molecule has 3 heterocycles. The number of hydrogen-bond donors (Lipinski definition) is 1. The van der Waals surface area contributed by atoms with Gasteiger partial charge in [-0.1, -0.05) is 18.2 Å². The van der Waals surface area contributed by atoms with Gasteiger partial charge in [-0.25, -0.2) is 4.98 Å². The highest BCUT2D eigenvalue weighted by Crippen LogP contribution is 2.15. The molecule has 0 aliphatic carbocycles. The van der Waals surface area contributed by atoms with E-state index in [-0.39, 0.29) is 0 Å². The summed E-state index contributed by atoms with van der Waals surface area (Å²) in [5.41, 5.74) is 1.18. The Morgan fingerprint density at radius 2 is 1.91 bits per heavy atom. The zero-order chi connectivity index (χ0) is 22.0. The zero-order valence-electron chi connectivity index (χ0n) is 18.9. The van der Waals surface area contributed by atoms with E-state index in [1.54, 1.807) is 0 Å². The number of aliphatic imine (C=N–C) groups is 1. The molecule has 32 heavy (non-hydrogen) atoms. The molecule has 2 fully saturated rings. The van der Waals surface area contributed by atoms with Crippen LogP contribution < -0.4 is 15.0 Å². The quantitative estimate of drug-likeness (QED) is 0.521. The molecule has 0 atom stereocenters. The Morgan fingerprint density at radius 1 is 1.06 bits per heavy atom. The van der Waals surface area contributed by atoms with Gasteiger partial charge in [0.25, 0.3) is 0 Å². The van der Waals surface area contributed by atoms with Crippen molar-refractivity contribution in [3.8, 4) is 5.75 Å². The summed E-state index contributed by atoms with van der Waals surface area (Å²) in [5, 5.41) is 3.51. The van der Waals surface area contributed by atoms with E-state index in [0.717, 1.165) is 76.6 Å². The van der Waals surface area contributed by atoms with E-state index in [1.165, 1.54) is 5.56 Å². The number of morpholine rings is 1. The maximum atomic E-state index is 5.99. The third-order valence-electron chi connectivity index (χ3n) is 5.89. The third-order valence-corrected chi connectivity index (χ3v) is 5.89. The monoisotopic (exact) mass is 438 g/mol. The number of rotatable bonds is 7. The summed E-state index contributed by atoms with van der Waals surface area (Å²) in [5.74, 6) is 2.89. The molecular weight excluding hydrogens is 404 g/mol. The summed E-state index contributed by atoms with van der Waals surface area (Å²) in [4.78, 5) is 16.0. The number of benzene rings is 1. The first kappa shape index (κ1) is 22.4. The van der Waals surface area contributed by atoms with Crippen molar-refractivity contribution in [2.45, 2.75) is 6.54 Å². The molecular formula is C24H34N6O2. The number of guanidine groups is 1. The standard InChI is InChI=1S/C24H34N6O2/c1-25-24(30-11-9-29(10-12-30)23-7-2-3-8-26-23)27-20-21-5-4-6-22(19-21)32-18-15-28-13-16-31-17-14-28/h2-8,19H,9-18,20H2,1H3,(H,25,27). The summed E-state index contributed by atoms with van der Waals surface area (Å²) >= 11 is 0. The number of nitrogens with one attached hydrogen (secondary N) is 1. The number of piperazine rings is 1. The van der Waals surface area contributed by atoms with Crippen LogP contribution >= 0.6 is 0 Å². The molecule has 1 aromatic carbocycles. The van der Waals surface area contributed by atoms with Crippen molar-refractivity contribution in [3.05, 3.63) is 54.2 Å². The van der Waals surface area contributed by atoms with E-state index in [2.05, 4.69) is 54.3 Å². The van der Waals surface area contributed by atoms with Gasteiger partial charge in [-0.3, -0.25) is 9.89 Å². The molecule has 1 N–H and O–H groups in total. The molecule has 0 radical (unpaired) electrons. The number of nitrogens with zero attached hydrogens (tertiary/aromatic N) is 5. The molecule has 0 amide bonds. The first-order valence-electron chi connectivity index (χ1n) is 11.5. The van der Waals surface area contributed by atoms with E-state index in [9.17, 15) is 0 Å². The molecule has 1 aromatic heterocycles. The van der Waals surface area contributed by atoms with Crippen molar-refractivity contribution in [2.24, 2.45) is 4.99 Å². The SMILES string of the molecule is CN=C(NCc1cccc(OCCN2CCOCC2)c1)N1CCN(c2ccccn2)CC1. The summed E-state index contributed by atoms with van der Waals surface area (Å²) in [6.45, 7) is 9.67. The average molecular weight is 439 g/mol. The molecule has 8 heteroatoms. The van der Waals surface area contributed by atoms with Gasteiger partial charge in [0.2, 0.25) is 0 Å². The van der Waals surface area contributed by atoms with Crippen LogP contribution in [0.15, 0.2) is 53.7 Å². The van der Waals surface area contributed by atoms with Crippen LogP contribution in [0.5, 0.6) is 5.75 Å². The Kier molecular flexibility index (Phi) is 8.17. The van der Waals surface area contributed by atoms with Gasteiger partial charge < -0.3 is 24.6 Å². The van der Waals surface area contributed by atoms with Gasteiger partial charge in [0.05, 0.1) is 13.2 Å². The fraction of sp³-hybridized carbons (Fsp3) is 0.500. The van der Waals surface area contributed by atoms with Crippen LogP contribution in [0.3, 0.4) is 0 Å². The van der Waals surface area contributed by atoms with Crippen LogP contribution in [0.25, 0.3) is 0 Å². The second-order valence-corrected chi connectivity index (χ2v) is 8.01. The molecule has 4 rings (SSSR count). The van der Waals surface area contributed by atoms with Crippen LogP contribution in [0, 0.1) is 0 Å². The van der Waals surface area contributed by atoms with Gasteiger partial charge in [-0.15, -0.1) is 0 Å². The highest BCUT2D eigenvalue weighted by molar-refractivity contribution is 5.80. The molecule has 2 saturated heterocycles. The first-order chi connectivity index (χ1) is 15.8. The van der Waals surface area contributed by atoms with Crippen LogP contribution in [0.1, 0.15) is 5.56 Å². The molecule has 0 unspecified atom stereocenters. The third kappa shape index (κ3) is 6.34. The van der Waals surface area contributed by atoms with Crippen LogP contribution in [-0.2, 0) is 11.3 Å². The Labute approximate surface area is 190 Å². The van der Waals surface area contributed by atoms with Gasteiger partial charge in [-0.2, -0.15) is 0 Å². The van der Waals surface area contributed by atoms with Crippen molar-refractivity contribution in [1.82, 2.24) is 20.1 Å². The Balaban J connectivity index is 1.22. The molecule has 0 spiro atoms. The van der Waals surface area contributed by atoms with Crippen LogP contribution in [0.4, 0.5) is 5.82 Å². The van der Waals surface area contributed by atoms with E-state index >= 15 is 0 Å². The maximum absolute atomic E-state index is 5.99. The molecule has 172 valence electrons. The fourth-order valence-electron chi connectivity index (χ4n) is 4.06. The zero-order valence-corrected chi connectivity index (χ0v) is 18.9. The molecule has 0 bridgehead atoms. The first-order valence-corrected chi connectivity index (χ1v) is 11.5. The Morgan fingerprint density at radius 3 is 2.66 bits per heavy atom. The van der Waals surface area contributed by atoms with Gasteiger partial charge in [0, 0.05) is 65.6 Å². The van der Waals surface area contributed by atoms with Crippen molar-refractivity contribution < 1.29 is 9.47 Å². The number of aromatic nitrogens is 1. The number of pyridine rings is 1. The lowest BCUT2D eigenvalue weighted by Crippen LogP contribution is -2.52. The van der Waals surface area contributed by atoms with Crippen molar-refractivity contribution in [3.63, 3.8) is 0 Å². The van der Waals surface area contributed by atoms with Gasteiger partial charge in [0.1, 0.15) is 18.2 Å². The molecule has 2 aliphatic rings. The van der Waals surface area contributed by atoms with Crippen molar-refractivity contribution in [1.29, 1.82) is 0 Å². The smallest absolute Gasteiger partial charge is 0.194 e. The van der Waals surface area contributed by atoms with E-state index in [1.807, 2.05) is 31.4 Å². The predicted molar refractivity (Wildman–Crippen MR) is 127 cm³/mol. The fourth-order valence-corrected chi connectivity index (χ4v) is 4.06. The highest BCUT2D eigenvalue weighted by atomic mass is 16.5. The van der Waals surface area contributed by atoms with Crippen molar-refractivity contribution in [2.75, 3.05) is 77.6 Å². The lowest BCUT2D eigenvalue weighted by molar-refractivity contribution is 0.0322. The van der Waals surface area contributed by atoms with Gasteiger partial charge in [0.15, 0.2) is 5.96 Å². The summed E-state index contributed by atoms with van der Waals surface area (Å²) in [7, 11) is 1.85. The molecule has 0 saturated carbocycles. The van der Waals surface area contributed by atoms with E-state index in [0.29, 0.717) is 13.2 Å². The Hall–Kier alpha value is -2.84. The van der Waals surface area contributed by atoms with Gasteiger partial charge in [-0.05, 0) is 29.8 Å². The lowest BCUT2D eigenvalue weighted by atomic mass is 10.2.